The van der Waals surface area contributed by atoms with E-state index < -0.39 is 0 Å². The zero-order chi connectivity index (χ0) is 9.84. The zero-order valence-electron chi connectivity index (χ0n) is 7.79. The van der Waals surface area contributed by atoms with E-state index in [2.05, 4.69) is 30.3 Å². The molecule has 0 aliphatic heterocycles. The lowest BCUT2D eigenvalue weighted by molar-refractivity contribution is 0.965. The number of nitrogens with one attached hydrogen (secondary N) is 1. The fourth-order valence-electron chi connectivity index (χ4n) is 0.936. The Morgan fingerprint density at radius 2 is 2.31 bits per heavy atom. The average Bonchev–Trinajstić information content (AvgIpc) is 2.42. The summed E-state index contributed by atoms with van der Waals surface area (Å²) < 4.78 is 0. The lowest BCUT2D eigenvalue weighted by Crippen LogP contribution is -2.37. The highest BCUT2D eigenvalue weighted by Crippen LogP contribution is 2.20. The molecule has 1 aromatic rings. The fourth-order valence-corrected chi connectivity index (χ4v) is 1.91. The molecule has 1 aromatic heterocycles. The Balaban J connectivity index is 2.65. The first-order valence-corrected chi connectivity index (χ1v) is 4.77. The van der Waals surface area contributed by atoms with E-state index in [0.29, 0.717) is 6.54 Å². The van der Waals surface area contributed by atoms with E-state index in [0.717, 1.165) is 0 Å². The molecule has 0 aliphatic carbocycles. The SMILES string of the molecule is Cc1cc(CN=C(N)NN)sc1C. The van der Waals surface area contributed by atoms with Gasteiger partial charge < -0.3 is 5.73 Å². The minimum absolute atomic E-state index is 0.267. The Morgan fingerprint density at radius 3 is 2.77 bits per heavy atom. The molecule has 0 saturated carbocycles. The van der Waals surface area contributed by atoms with E-state index in [4.69, 9.17) is 11.6 Å². The lowest BCUT2D eigenvalue weighted by Gasteiger charge is -1.95. The number of hydrogen-bond acceptors (Lipinski definition) is 3. The van der Waals surface area contributed by atoms with Crippen LogP contribution in [0.25, 0.3) is 0 Å². The first-order valence-electron chi connectivity index (χ1n) is 3.96. The predicted molar refractivity (Wildman–Crippen MR) is 56.4 cm³/mol. The van der Waals surface area contributed by atoms with Crippen LogP contribution in [0.1, 0.15) is 15.3 Å². The first-order chi connectivity index (χ1) is 6.13. The van der Waals surface area contributed by atoms with Crippen LogP contribution in [0.15, 0.2) is 11.1 Å². The van der Waals surface area contributed by atoms with E-state index in [9.17, 15) is 0 Å². The summed E-state index contributed by atoms with van der Waals surface area (Å²) in [6.07, 6.45) is 0. The van der Waals surface area contributed by atoms with Gasteiger partial charge in [0.1, 0.15) is 0 Å². The summed E-state index contributed by atoms with van der Waals surface area (Å²) in [7, 11) is 0. The summed E-state index contributed by atoms with van der Waals surface area (Å²) in [5, 5.41) is 0. The van der Waals surface area contributed by atoms with Crippen LogP contribution in [0.3, 0.4) is 0 Å². The van der Waals surface area contributed by atoms with Crippen LogP contribution in [0.4, 0.5) is 0 Å². The third kappa shape index (κ3) is 2.71. The number of guanidine groups is 1. The molecule has 0 saturated heterocycles. The molecule has 13 heavy (non-hydrogen) atoms. The van der Waals surface area contributed by atoms with Crippen molar-refractivity contribution in [2.75, 3.05) is 0 Å². The van der Waals surface area contributed by atoms with Gasteiger partial charge in [0.2, 0.25) is 5.96 Å². The number of aryl methyl sites for hydroxylation is 2. The van der Waals surface area contributed by atoms with Gasteiger partial charge in [-0.25, -0.2) is 10.8 Å². The van der Waals surface area contributed by atoms with E-state index >= 15 is 0 Å². The summed E-state index contributed by atoms with van der Waals surface area (Å²) in [5.41, 5.74) is 8.97. The molecule has 0 aliphatic rings. The largest absolute Gasteiger partial charge is 0.369 e. The molecule has 0 aromatic carbocycles. The number of rotatable bonds is 2. The molecule has 72 valence electrons. The Kier molecular flexibility index (Phi) is 3.27. The Bertz CT molecular complexity index is 296. The number of aliphatic imine (C=N–C) groups is 1. The van der Waals surface area contributed by atoms with Gasteiger partial charge in [-0.3, -0.25) is 5.43 Å². The standard InChI is InChI=1S/C8H14N4S/c1-5-3-7(13-6(5)2)4-11-8(9)12-10/h3H,4,10H2,1-2H3,(H3,9,11,12). The monoisotopic (exact) mass is 198 g/mol. The van der Waals surface area contributed by atoms with Crippen molar-refractivity contribution in [2.45, 2.75) is 20.4 Å². The Morgan fingerprint density at radius 1 is 1.62 bits per heavy atom. The van der Waals surface area contributed by atoms with Crippen molar-refractivity contribution in [1.29, 1.82) is 0 Å². The molecule has 1 rings (SSSR count). The van der Waals surface area contributed by atoms with Crippen LogP contribution in [0.2, 0.25) is 0 Å². The van der Waals surface area contributed by atoms with Gasteiger partial charge in [0.05, 0.1) is 6.54 Å². The van der Waals surface area contributed by atoms with Gasteiger partial charge in [0.15, 0.2) is 0 Å². The number of hydrogen-bond donors (Lipinski definition) is 3. The summed E-state index contributed by atoms with van der Waals surface area (Å²) >= 11 is 1.74. The van der Waals surface area contributed by atoms with Crippen LogP contribution in [-0.4, -0.2) is 5.96 Å². The van der Waals surface area contributed by atoms with Gasteiger partial charge >= 0.3 is 0 Å². The van der Waals surface area contributed by atoms with Gasteiger partial charge in [-0.1, -0.05) is 0 Å². The third-order valence-corrected chi connectivity index (χ3v) is 2.91. The first kappa shape index (κ1) is 10.0. The number of hydrazine groups is 1. The average molecular weight is 198 g/mol. The van der Waals surface area contributed by atoms with E-state index in [1.54, 1.807) is 11.3 Å². The van der Waals surface area contributed by atoms with Crippen LogP contribution >= 0.6 is 11.3 Å². The molecular formula is C8H14N4S. The second-order valence-electron chi connectivity index (χ2n) is 2.80. The van der Waals surface area contributed by atoms with Crippen molar-refractivity contribution < 1.29 is 0 Å². The van der Waals surface area contributed by atoms with Gasteiger partial charge in [-0.05, 0) is 25.5 Å². The summed E-state index contributed by atoms with van der Waals surface area (Å²) in [4.78, 5) is 6.56. The minimum atomic E-state index is 0.267. The van der Waals surface area contributed by atoms with Gasteiger partial charge in [-0.15, -0.1) is 11.3 Å². The van der Waals surface area contributed by atoms with Gasteiger partial charge in [0.25, 0.3) is 0 Å². The maximum Gasteiger partial charge on any atom is 0.203 e. The van der Waals surface area contributed by atoms with Crippen molar-refractivity contribution in [2.24, 2.45) is 16.6 Å². The second kappa shape index (κ2) is 4.25. The summed E-state index contributed by atoms with van der Waals surface area (Å²) in [5.74, 6) is 5.34. The molecule has 5 heteroatoms. The topological polar surface area (TPSA) is 76.4 Å². The fraction of sp³-hybridized carbons (Fsp3) is 0.375. The van der Waals surface area contributed by atoms with Crippen molar-refractivity contribution in [1.82, 2.24) is 5.43 Å². The van der Waals surface area contributed by atoms with Gasteiger partial charge in [0, 0.05) is 9.75 Å². The smallest absolute Gasteiger partial charge is 0.203 e. The molecule has 0 amide bonds. The maximum absolute atomic E-state index is 5.38. The maximum atomic E-state index is 5.38. The van der Waals surface area contributed by atoms with E-state index in [-0.39, 0.29) is 5.96 Å². The summed E-state index contributed by atoms with van der Waals surface area (Å²) in [6.45, 7) is 4.77. The molecule has 5 N–H and O–H groups in total. The van der Waals surface area contributed by atoms with Crippen molar-refractivity contribution in [3.8, 4) is 0 Å². The Labute approximate surface area is 81.6 Å². The number of thiophene rings is 1. The van der Waals surface area contributed by atoms with Crippen molar-refractivity contribution in [3.05, 3.63) is 21.4 Å². The van der Waals surface area contributed by atoms with Crippen molar-refractivity contribution >= 4 is 17.3 Å². The molecule has 4 nitrogen and oxygen atoms in total. The minimum Gasteiger partial charge on any atom is -0.369 e. The zero-order valence-corrected chi connectivity index (χ0v) is 8.61. The molecule has 0 fully saturated rings. The number of nitrogens with zero attached hydrogens (tertiary/aromatic N) is 1. The molecular weight excluding hydrogens is 184 g/mol. The molecule has 0 unspecified atom stereocenters. The molecule has 0 spiro atoms. The van der Waals surface area contributed by atoms with Crippen LogP contribution < -0.4 is 17.0 Å². The molecule has 0 atom stereocenters. The highest BCUT2D eigenvalue weighted by atomic mass is 32.1. The van der Waals surface area contributed by atoms with E-state index in [1.807, 2.05) is 0 Å². The van der Waals surface area contributed by atoms with Crippen LogP contribution in [0.5, 0.6) is 0 Å². The van der Waals surface area contributed by atoms with Crippen LogP contribution in [0, 0.1) is 13.8 Å². The second-order valence-corrected chi connectivity index (χ2v) is 4.14. The molecule has 0 bridgehead atoms. The third-order valence-electron chi connectivity index (χ3n) is 1.77. The quantitative estimate of drug-likeness (QED) is 0.282. The van der Waals surface area contributed by atoms with Gasteiger partial charge in [-0.2, -0.15) is 0 Å². The Hall–Kier alpha value is -1.07. The highest BCUT2D eigenvalue weighted by Gasteiger charge is 2.00. The van der Waals surface area contributed by atoms with Crippen LogP contribution in [-0.2, 0) is 6.54 Å². The summed E-state index contributed by atoms with van der Waals surface area (Å²) in [6, 6.07) is 2.12. The molecule has 1 heterocycles. The lowest BCUT2D eigenvalue weighted by atomic mass is 10.3. The van der Waals surface area contributed by atoms with E-state index in [1.165, 1.54) is 15.3 Å². The molecule has 0 radical (unpaired) electrons. The normalized spacial score (nSPS) is 11.8. The number of nitrogens with two attached hydrogens (primary N) is 2. The predicted octanol–water partition coefficient (Wildman–Crippen LogP) is 0.643. The van der Waals surface area contributed by atoms with Crippen molar-refractivity contribution in [3.63, 3.8) is 0 Å². The highest BCUT2D eigenvalue weighted by molar-refractivity contribution is 7.12.